The largest absolute Gasteiger partial charge is 0.491 e. The quantitative estimate of drug-likeness (QED) is 0.104. The number of piperazine rings is 1. The van der Waals surface area contributed by atoms with Crippen molar-refractivity contribution in [2.24, 2.45) is 0 Å². The van der Waals surface area contributed by atoms with Gasteiger partial charge in [-0.1, -0.05) is 54.1 Å². The number of para-hydroxylation sites is 2. The van der Waals surface area contributed by atoms with E-state index in [1.54, 1.807) is 30.5 Å². The van der Waals surface area contributed by atoms with Crippen LogP contribution in [0.2, 0.25) is 5.02 Å². The third kappa shape index (κ3) is 8.92. The lowest BCUT2D eigenvalue weighted by atomic mass is 9.92. The molecular formula is C43H41ClF3N7O5S. The van der Waals surface area contributed by atoms with Crippen molar-refractivity contribution in [3.63, 3.8) is 0 Å². The van der Waals surface area contributed by atoms with Gasteiger partial charge in [-0.3, -0.25) is 14.6 Å². The van der Waals surface area contributed by atoms with Gasteiger partial charge in [0.1, 0.15) is 31.3 Å². The number of H-pyrrole nitrogens is 1. The second kappa shape index (κ2) is 17.5. The molecule has 3 aromatic carbocycles. The number of fused-ring (bicyclic) bond motifs is 2. The maximum absolute atomic E-state index is 13.1. The smallest absolute Gasteiger partial charge is 0.408 e. The summed E-state index contributed by atoms with van der Waals surface area (Å²) in [6, 6.07) is 19.8. The summed E-state index contributed by atoms with van der Waals surface area (Å²) in [5, 5.41) is 16.3. The normalized spacial score (nSPS) is 14.5. The number of carbonyl (C=O) groups is 1. The Balaban J connectivity index is 1.13. The van der Waals surface area contributed by atoms with Crippen molar-refractivity contribution in [2.45, 2.75) is 38.8 Å². The van der Waals surface area contributed by atoms with Gasteiger partial charge in [0.25, 0.3) is 0 Å². The third-order valence-electron chi connectivity index (χ3n) is 10.6. The Morgan fingerprint density at radius 1 is 1.00 bits per heavy atom. The van der Waals surface area contributed by atoms with Gasteiger partial charge in [0, 0.05) is 74.2 Å². The Hall–Kier alpha value is -5.68. The van der Waals surface area contributed by atoms with E-state index < -0.39 is 24.8 Å². The van der Waals surface area contributed by atoms with Crippen LogP contribution in [0.1, 0.15) is 16.8 Å². The molecule has 7 aromatic rings. The van der Waals surface area contributed by atoms with Crippen LogP contribution in [-0.4, -0.2) is 104 Å². The Kier molecular flexibility index (Phi) is 12.0. The van der Waals surface area contributed by atoms with Crippen LogP contribution in [0.3, 0.4) is 0 Å². The number of halogens is 4. The lowest BCUT2D eigenvalue weighted by Crippen LogP contribution is -2.45. The van der Waals surface area contributed by atoms with Gasteiger partial charge in [0.05, 0.1) is 32.0 Å². The molecule has 2 N–H and O–H groups in total. The standard InChI is InChI=1S/C43H41ClF3N7O5S/c1-26-30(10-11-33(38(26)44)57-21-20-53-18-16-52(2)17-19-53)36-37-35(23-49-40(36)31-8-5-7-27-12-14-48-39(27)31)60-51-41(37)59-34(42(55)56)22-28-6-3-4-9-32(28)58-24-29-13-15-50-54(29)25-43(45,46)47/h3-15,23,34,48H,16-22,24-25H2,1-2H3,(H,55,56)/t34-/m1/s1. The van der Waals surface area contributed by atoms with Crippen LogP contribution in [-0.2, 0) is 24.4 Å². The first kappa shape index (κ1) is 41.1. The molecule has 312 valence electrons. The first-order valence-electron chi connectivity index (χ1n) is 19.3. The molecule has 0 unspecified atom stereocenters. The average molecular weight is 860 g/mol. The van der Waals surface area contributed by atoms with Gasteiger partial charge >= 0.3 is 12.1 Å². The molecule has 1 aliphatic rings. The Labute approximate surface area is 352 Å². The fourth-order valence-corrected chi connectivity index (χ4v) is 8.33. The van der Waals surface area contributed by atoms with E-state index in [4.69, 9.17) is 30.8 Å². The van der Waals surface area contributed by atoms with E-state index in [-0.39, 0.29) is 30.4 Å². The molecule has 1 saturated heterocycles. The Morgan fingerprint density at radius 3 is 2.62 bits per heavy atom. The zero-order chi connectivity index (χ0) is 42.0. The van der Waals surface area contributed by atoms with E-state index in [1.165, 1.54) is 12.3 Å². The van der Waals surface area contributed by atoms with Crippen molar-refractivity contribution in [1.82, 2.24) is 33.9 Å². The lowest BCUT2D eigenvalue weighted by Gasteiger charge is -2.32. The van der Waals surface area contributed by atoms with Crippen molar-refractivity contribution in [2.75, 3.05) is 46.4 Å². The van der Waals surface area contributed by atoms with Gasteiger partial charge < -0.3 is 29.2 Å². The van der Waals surface area contributed by atoms with E-state index in [1.807, 2.05) is 49.5 Å². The number of likely N-dealkylation sites (N-methyl/N-ethyl adjacent to an activating group) is 1. The number of benzene rings is 3. The van der Waals surface area contributed by atoms with E-state index in [0.29, 0.717) is 44.3 Å². The first-order chi connectivity index (χ1) is 28.9. The van der Waals surface area contributed by atoms with Gasteiger partial charge in [-0.2, -0.15) is 22.6 Å². The number of rotatable bonds is 15. The van der Waals surface area contributed by atoms with Crippen molar-refractivity contribution < 1.29 is 37.3 Å². The van der Waals surface area contributed by atoms with E-state index >= 15 is 0 Å². The summed E-state index contributed by atoms with van der Waals surface area (Å²) in [7, 11) is 2.12. The van der Waals surface area contributed by atoms with Crippen LogP contribution >= 0.6 is 23.1 Å². The minimum Gasteiger partial charge on any atom is -0.491 e. The second-order valence-electron chi connectivity index (χ2n) is 14.6. The highest BCUT2D eigenvalue weighted by Crippen LogP contribution is 2.47. The molecule has 1 fully saturated rings. The van der Waals surface area contributed by atoms with Crippen LogP contribution in [0, 0.1) is 6.92 Å². The number of nitrogens with zero attached hydrogens (tertiary/aromatic N) is 6. The monoisotopic (exact) mass is 859 g/mol. The van der Waals surface area contributed by atoms with Gasteiger partial charge in [-0.15, -0.1) is 0 Å². The van der Waals surface area contributed by atoms with Crippen molar-refractivity contribution in [3.8, 4) is 39.8 Å². The topological polar surface area (TPSA) is 131 Å². The van der Waals surface area contributed by atoms with Gasteiger partial charge in [-0.25, -0.2) is 4.79 Å². The predicted octanol–water partition coefficient (Wildman–Crippen LogP) is 8.51. The molecule has 17 heteroatoms. The van der Waals surface area contributed by atoms with E-state index in [2.05, 4.69) is 31.3 Å². The van der Waals surface area contributed by atoms with Gasteiger partial charge in [-0.05, 0) is 66.5 Å². The zero-order valence-corrected chi connectivity index (χ0v) is 34.3. The number of aliphatic carboxylic acids is 1. The number of aromatic nitrogens is 5. The SMILES string of the molecule is Cc1c(-c2c(-c3cccc4cc[nH]c34)ncc3snc(O[C@H](Cc4ccccc4OCc4ccnn4CC(F)(F)F)C(=O)O)c23)ccc(OCCN2CCN(C)CC2)c1Cl. The summed E-state index contributed by atoms with van der Waals surface area (Å²) in [5.41, 5.74) is 5.09. The van der Waals surface area contributed by atoms with Crippen LogP contribution in [0.25, 0.3) is 43.4 Å². The highest BCUT2D eigenvalue weighted by molar-refractivity contribution is 7.13. The lowest BCUT2D eigenvalue weighted by molar-refractivity contribution is -0.145. The number of pyridine rings is 1. The van der Waals surface area contributed by atoms with Crippen LogP contribution in [0.5, 0.6) is 17.4 Å². The summed E-state index contributed by atoms with van der Waals surface area (Å²) in [4.78, 5) is 25.9. The zero-order valence-electron chi connectivity index (χ0n) is 32.7. The molecule has 5 heterocycles. The summed E-state index contributed by atoms with van der Waals surface area (Å²) < 4.78 is 64.1. The van der Waals surface area contributed by atoms with E-state index in [0.717, 1.165) is 76.5 Å². The number of hydrogen-bond donors (Lipinski definition) is 2. The molecule has 8 rings (SSSR count). The number of carboxylic acids is 1. The molecular weight excluding hydrogens is 819 g/mol. The van der Waals surface area contributed by atoms with Crippen LogP contribution < -0.4 is 14.2 Å². The fourth-order valence-electron chi connectivity index (χ4n) is 7.41. The highest BCUT2D eigenvalue weighted by Gasteiger charge is 2.31. The van der Waals surface area contributed by atoms with Crippen molar-refractivity contribution >= 4 is 50.1 Å². The predicted molar refractivity (Wildman–Crippen MR) is 224 cm³/mol. The summed E-state index contributed by atoms with van der Waals surface area (Å²) in [6.07, 6.45) is -1.22. The summed E-state index contributed by atoms with van der Waals surface area (Å²) in [5.74, 6) is -0.315. The maximum Gasteiger partial charge on any atom is 0.408 e. The van der Waals surface area contributed by atoms with Crippen LogP contribution in [0.15, 0.2) is 85.3 Å². The molecule has 1 aliphatic heterocycles. The molecule has 0 bridgehead atoms. The number of hydrogen-bond acceptors (Lipinski definition) is 10. The van der Waals surface area contributed by atoms with E-state index in [9.17, 15) is 23.1 Å². The van der Waals surface area contributed by atoms with Gasteiger partial charge in [0.2, 0.25) is 12.0 Å². The van der Waals surface area contributed by atoms with Gasteiger partial charge in [0.15, 0.2) is 0 Å². The molecule has 0 spiro atoms. The summed E-state index contributed by atoms with van der Waals surface area (Å²) >= 11 is 8.22. The minimum absolute atomic E-state index is 0.0946. The number of ether oxygens (including phenoxy) is 3. The van der Waals surface area contributed by atoms with Crippen molar-refractivity contribution in [1.29, 1.82) is 0 Å². The molecule has 0 aliphatic carbocycles. The fraction of sp³-hybridized carbons (Fsp3) is 0.302. The van der Waals surface area contributed by atoms with Crippen LogP contribution in [0.4, 0.5) is 13.2 Å². The molecule has 60 heavy (non-hydrogen) atoms. The Bertz CT molecular complexity index is 2640. The average Bonchev–Trinajstić information content (AvgIpc) is 3.99. The molecule has 1 atom stereocenters. The Morgan fingerprint density at radius 2 is 1.82 bits per heavy atom. The third-order valence-corrected chi connectivity index (χ3v) is 11.9. The molecule has 0 amide bonds. The number of nitrogens with one attached hydrogen (secondary N) is 1. The maximum atomic E-state index is 13.1. The number of carboxylic acid groups (broad SMARTS) is 1. The molecule has 12 nitrogen and oxygen atoms in total. The molecule has 0 radical (unpaired) electrons. The number of aromatic amines is 1. The molecule has 0 saturated carbocycles. The molecule has 4 aromatic heterocycles. The first-order valence-corrected chi connectivity index (χ1v) is 20.4. The second-order valence-corrected chi connectivity index (χ2v) is 15.8. The minimum atomic E-state index is -4.47. The van der Waals surface area contributed by atoms with Crippen molar-refractivity contribution in [3.05, 3.63) is 107 Å². The highest BCUT2D eigenvalue weighted by atomic mass is 35.5. The number of alkyl halides is 3. The summed E-state index contributed by atoms with van der Waals surface area (Å²) in [6.45, 7) is 5.63.